The molecule has 0 bridgehead atoms. The van der Waals surface area contributed by atoms with E-state index in [2.05, 4.69) is 4.99 Å². The van der Waals surface area contributed by atoms with Gasteiger partial charge in [0.2, 0.25) is 5.88 Å². The molecule has 2 aromatic carbocycles. The lowest BCUT2D eigenvalue weighted by Gasteiger charge is -2.17. The minimum atomic E-state index is -0.615. The highest BCUT2D eigenvalue weighted by molar-refractivity contribution is 7.99. The van der Waals surface area contributed by atoms with Crippen molar-refractivity contribution in [3.05, 3.63) is 86.3 Å². The second-order valence-electron chi connectivity index (χ2n) is 6.79. The molecule has 0 fully saturated rings. The Hall–Kier alpha value is -3.13. The molecule has 0 amide bonds. The van der Waals surface area contributed by atoms with Crippen LogP contribution >= 0.6 is 11.8 Å². The molecule has 29 heavy (non-hydrogen) atoms. The second-order valence-corrected chi connectivity index (χ2v) is 8.04. The number of aromatic nitrogens is 2. The van der Waals surface area contributed by atoms with Crippen molar-refractivity contribution < 1.29 is 9.50 Å². The van der Waals surface area contributed by atoms with Gasteiger partial charge >= 0.3 is 5.69 Å². The molecule has 0 aliphatic carbocycles. The highest BCUT2D eigenvalue weighted by Crippen LogP contribution is 2.45. The van der Waals surface area contributed by atoms with Gasteiger partial charge in [0.05, 0.1) is 11.4 Å². The van der Waals surface area contributed by atoms with Crippen molar-refractivity contribution >= 4 is 23.2 Å². The second kappa shape index (κ2) is 7.36. The van der Waals surface area contributed by atoms with Crippen molar-refractivity contribution in [1.29, 1.82) is 0 Å². The van der Waals surface area contributed by atoms with Crippen LogP contribution in [-0.2, 0) is 14.1 Å². The van der Waals surface area contributed by atoms with Gasteiger partial charge in [0, 0.05) is 30.7 Å². The first kappa shape index (κ1) is 19.2. The molecule has 0 saturated heterocycles. The summed E-state index contributed by atoms with van der Waals surface area (Å²) >= 11 is 1.56. The average molecular weight is 411 g/mol. The summed E-state index contributed by atoms with van der Waals surface area (Å²) in [7, 11) is 2.77. The summed E-state index contributed by atoms with van der Waals surface area (Å²) in [5, 5.41) is 10.4. The Labute approximate surface area is 170 Å². The highest BCUT2D eigenvalue weighted by Gasteiger charge is 2.27. The van der Waals surface area contributed by atoms with Gasteiger partial charge in [0.25, 0.3) is 5.56 Å². The van der Waals surface area contributed by atoms with Gasteiger partial charge in [-0.15, -0.1) is 11.8 Å². The zero-order valence-corrected chi connectivity index (χ0v) is 16.6. The molecule has 1 atom stereocenters. The maximum atomic E-state index is 13.4. The zero-order valence-electron chi connectivity index (χ0n) is 15.8. The molecule has 1 aliphatic rings. The lowest BCUT2D eigenvalue weighted by atomic mass is 10.0. The molecule has 0 unspecified atom stereocenters. The smallest absolute Gasteiger partial charge is 0.333 e. The summed E-state index contributed by atoms with van der Waals surface area (Å²) in [6, 6.07) is 13.7. The fourth-order valence-electron chi connectivity index (χ4n) is 3.32. The third-order valence-corrected chi connectivity index (χ3v) is 6.26. The van der Waals surface area contributed by atoms with Crippen molar-refractivity contribution in [3.63, 3.8) is 0 Å². The van der Waals surface area contributed by atoms with Gasteiger partial charge < -0.3 is 5.11 Å². The third-order valence-electron chi connectivity index (χ3n) is 4.93. The van der Waals surface area contributed by atoms with E-state index in [0.29, 0.717) is 17.8 Å². The predicted molar refractivity (Wildman–Crippen MR) is 111 cm³/mol. The fraction of sp³-hybridized carbons (Fsp3) is 0.190. The van der Waals surface area contributed by atoms with Crippen LogP contribution < -0.4 is 11.2 Å². The summed E-state index contributed by atoms with van der Waals surface area (Å²) in [5.74, 6) is -0.745. The number of benzene rings is 2. The van der Waals surface area contributed by atoms with Crippen LogP contribution in [0, 0.1) is 5.82 Å². The molecule has 1 aliphatic heterocycles. The van der Waals surface area contributed by atoms with Gasteiger partial charge in [0.1, 0.15) is 11.4 Å². The summed E-state index contributed by atoms with van der Waals surface area (Å²) in [6.07, 6.45) is 0.325. The first-order chi connectivity index (χ1) is 13.9. The molecular formula is C21H18FN3O3S. The predicted octanol–water partition coefficient (Wildman–Crippen LogP) is 3.29. The molecule has 0 saturated carbocycles. The lowest BCUT2D eigenvalue weighted by molar-refractivity contribution is 0.410. The molecule has 148 valence electrons. The Bertz CT molecular complexity index is 1250. The number of aliphatic imine (C=N–C) groups is 1. The van der Waals surface area contributed by atoms with E-state index in [9.17, 15) is 19.1 Å². The maximum absolute atomic E-state index is 13.4. The fourth-order valence-corrected chi connectivity index (χ4v) is 4.55. The molecule has 2 heterocycles. The number of para-hydroxylation sites is 1. The molecule has 1 aromatic heterocycles. The molecule has 1 N–H and O–H groups in total. The number of nitrogens with zero attached hydrogens (tertiary/aromatic N) is 3. The van der Waals surface area contributed by atoms with Crippen LogP contribution in [-0.4, -0.2) is 20.0 Å². The number of aromatic hydroxyl groups is 1. The molecule has 8 heteroatoms. The Kier molecular flexibility index (Phi) is 4.87. The summed E-state index contributed by atoms with van der Waals surface area (Å²) < 4.78 is 15.4. The van der Waals surface area contributed by atoms with E-state index in [1.54, 1.807) is 23.9 Å². The Morgan fingerprint density at radius 1 is 1.07 bits per heavy atom. The van der Waals surface area contributed by atoms with Crippen LogP contribution in [0.4, 0.5) is 10.1 Å². The minimum absolute atomic E-state index is 0.000912. The summed E-state index contributed by atoms with van der Waals surface area (Å²) in [5.41, 5.74) is 0.709. The molecular weight excluding hydrogens is 393 g/mol. The standard InChI is InChI=1S/C21H18FN3O3S/c1-24-19(26)18(20(27)25(2)21(24)28)15-11-17(12-7-9-13(22)10-8-12)29-16-6-4-3-5-14(16)23-15/h3-10,17,26H,11H2,1-2H3/t17-/m0/s1. The number of hydrogen-bond donors (Lipinski definition) is 1. The van der Waals surface area contributed by atoms with Gasteiger partial charge in [-0.1, -0.05) is 24.3 Å². The number of hydrogen-bond acceptors (Lipinski definition) is 5. The van der Waals surface area contributed by atoms with E-state index in [1.807, 2.05) is 24.3 Å². The maximum Gasteiger partial charge on any atom is 0.333 e. The first-order valence-electron chi connectivity index (χ1n) is 8.95. The van der Waals surface area contributed by atoms with Crippen LogP contribution in [0.25, 0.3) is 0 Å². The minimum Gasteiger partial charge on any atom is -0.494 e. The Morgan fingerprint density at radius 3 is 2.48 bits per heavy atom. The van der Waals surface area contributed by atoms with Gasteiger partial charge in [-0.25, -0.2) is 9.18 Å². The van der Waals surface area contributed by atoms with Crippen molar-refractivity contribution in [1.82, 2.24) is 9.13 Å². The van der Waals surface area contributed by atoms with Gasteiger partial charge in [-0.05, 0) is 29.8 Å². The van der Waals surface area contributed by atoms with Crippen LogP contribution in [0.1, 0.15) is 22.8 Å². The number of rotatable bonds is 2. The van der Waals surface area contributed by atoms with Crippen LogP contribution in [0.15, 0.2) is 68.0 Å². The largest absolute Gasteiger partial charge is 0.494 e. The van der Waals surface area contributed by atoms with Crippen LogP contribution in [0.5, 0.6) is 5.88 Å². The summed E-state index contributed by atoms with van der Waals surface area (Å²) in [4.78, 5) is 30.5. The van der Waals surface area contributed by atoms with Gasteiger partial charge in [0.15, 0.2) is 0 Å². The van der Waals surface area contributed by atoms with E-state index in [-0.39, 0.29) is 16.6 Å². The van der Waals surface area contributed by atoms with Gasteiger partial charge in [-0.3, -0.25) is 18.9 Å². The van der Waals surface area contributed by atoms with Crippen LogP contribution in [0.2, 0.25) is 0 Å². The monoisotopic (exact) mass is 411 g/mol. The van der Waals surface area contributed by atoms with E-state index in [1.165, 1.54) is 26.2 Å². The quantitative estimate of drug-likeness (QED) is 0.702. The highest BCUT2D eigenvalue weighted by atomic mass is 32.2. The Morgan fingerprint density at radius 2 is 1.76 bits per heavy atom. The molecule has 3 aromatic rings. The zero-order chi connectivity index (χ0) is 20.7. The third kappa shape index (κ3) is 3.40. The molecule has 0 spiro atoms. The first-order valence-corrected chi connectivity index (χ1v) is 9.83. The van der Waals surface area contributed by atoms with Crippen molar-refractivity contribution in [3.8, 4) is 5.88 Å². The molecule has 6 nitrogen and oxygen atoms in total. The molecule has 4 rings (SSSR count). The Balaban J connectivity index is 1.93. The van der Waals surface area contributed by atoms with Crippen LogP contribution in [0.3, 0.4) is 0 Å². The number of halogens is 1. The number of thioether (sulfide) groups is 1. The van der Waals surface area contributed by atoms with Crippen molar-refractivity contribution in [2.75, 3.05) is 0 Å². The van der Waals surface area contributed by atoms with E-state index >= 15 is 0 Å². The SMILES string of the molecule is Cn1c(O)c(C2=Nc3ccccc3S[C@H](c3ccc(F)cc3)C2)c(=O)n(C)c1=O. The summed E-state index contributed by atoms with van der Waals surface area (Å²) in [6.45, 7) is 0. The van der Waals surface area contributed by atoms with Gasteiger partial charge in [-0.2, -0.15) is 0 Å². The van der Waals surface area contributed by atoms with Crippen molar-refractivity contribution in [2.45, 2.75) is 16.6 Å². The normalized spacial score (nSPS) is 16.1. The molecule has 0 radical (unpaired) electrons. The number of fused-ring (bicyclic) bond motifs is 1. The topological polar surface area (TPSA) is 76.6 Å². The van der Waals surface area contributed by atoms with E-state index in [0.717, 1.165) is 19.6 Å². The van der Waals surface area contributed by atoms with E-state index in [4.69, 9.17) is 0 Å². The average Bonchev–Trinajstić information content (AvgIpc) is 2.91. The van der Waals surface area contributed by atoms with E-state index < -0.39 is 17.1 Å². The van der Waals surface area contributed by atoms with Crippen molar-refractivity contribution in [2.24, 2.45) is 19.1 Å². The lowest BCUT2D eigenvalue weighted by Crippen LogP contribution is -2.40.